The lowest BCUT2D eigenvalue weighted by atomic mass is 10.2. The second kappa shape index (κ2) is 6.24. The van der Waals surface area contributed by atoms with Gasteiger partial charge in [-0.15, -0.1) is 11.3 Å². The van der Waals surface area contributed by atoms with E-state index in [1.807, 2.05) is 41.8 Å². The summed E-state index contributed by atoms with van der Waals surface area (Å²) in [5.41, 5.74) is 2.36. The number of carbonyl (C=O) groups is 1. The molecule has 0 fully saturated rings. The van der Waals surface area contributed by atoms with E-state index in [0.717, 1.165) is 20.6 Å². The van der Waals surface area contributed by atoms with Crippen molar-refractivity contribution < 1.29 is 4.79 Å². The molecule has 0 aliphatic carbocycles. The maximum Gasteiger partial charge on any atom is 0.255 e. The van der Waals surface area contributed by atoms with Gasteiger partial charge in [0.1, 0.15) is 0 Å². The summed E-state index contributed by atoms with van der Waals surface area (Å²) in [4.78, 5) is 13.3. The van der Waals surface area contributed by atoms with Crippen LogP contribution in [0.2, 0.25) is 0 Å². The molecule has 1 aromatic carbocycles. The van der Waals surface area contributed by atoms with Crippen LogP contribution in [0.1, 0.15) is 15.9 Å². The van der Waals surface area contributed by atoms with Gasteiger partial charge in [-0.2, -0.15) is 5.10 Å². The number of nitrogens with one attached hydrogen (secondary N) is 2. The number of H-pyrrole nitrogens is 1. The molecule has 0 radical (unpaired) electrons. The summed E-state index contributed by atoms with van der Waals surface area (Å²) in [6.07, 6.45) is 1.56. The number of hydrogen-bond donors (Lipinski definition) is 2. The van der Waals surface area contributed by atoms with Crippen molar-refractivity contribution in [2.24, 2.45) is 0 Å². The second-order valence-electron chi connectivity index (χ2n) is 4.45. The first-order chi connectivity index (χ1) is 10.2. The Morgan fingerprint density at radius 1 is 1.33 bits per heavy atom. The van der Waals surface area contributed by atoms with Gasteiger partial charge >= 0.3 is 0 Å². The van der Waals surface area contributed by atoms with Gasteiger partial charge in [-0.3, -0.25) is 9.89 Å². The van der Waals surface area contributed by atoms with E-state index >= 15 is 0 Å². The number of halogens is 1. The predicted molar refractivity (Wildman–Crippen MR) is 87.2 cm³/mol. The Morgan fingerprint density at radius 2 is 2.24 bits per heavy atom. The number of rotatable bonds is 4. The molecule has 0 saturated heterocycles. The largest absolute Gasteiger partial charge is 0.348 e. The topological polar surface area (TPSA) is 57.8 Å². The number of thiophene rings is 1. The van der Waals surface area contributed by atoms with E-state index in [4.69, 9.17) is 0 Å². The van der Waals surface area contributed by atoms with Gasteiger partial charge in [0.15, 0.2) is 0 Å². The van der Waals surface area contributed by atoms with E-state index in [9.17, 15) is 4.79 Å². The molecule has 2 N–H and O–H groups in total. The summed E-state index contributed by atoms with van der Waals surface area (Å²) in [6.45, 7) is 0.479. The lowest BCUT2D eigenvalue weighted by Crippen LogP contribution is -2.22. The van der Waals surface area contributed by atoms with Crippen LogP contribution < -0.4 is 5.32 Å². The van der Waals surface area contributed by atoms with E-state index in [2.05, 4.69) is 31.4 Å². The number of aromatic nitrogens is 2. The van der Waals surface area contributed by atoms with Gasteiger partial charge in [-0.25, -0.2) is 0 Å². The van der Waals surface area contributed by atoms with Crippen LogP contribution in [0, 0.1) is 0 Å². The summed E-state index contributed by atoms with van der Waals surface area (Å²) in [5.74, 6) is -0.132. The highest BCUT2D eigenvalue weighted by atomic mass is 79.9. The molecule has 21 heavy (non-hydrogen) atoms. The van der Waals surface area contributed by atoms with Gasteiger partial charge in [-0.1, -0.05) is 34.1 Å². The number of aromatic amines is 1. The average molecular weight is 362 g/mol. The third-order valence-electron chi connectivity index (χ3n) is 2.99. The lowest BCUT2D eigenvalue weighted by molar-refractivity contribution is 0.0951. The molecule has 0 bridgehead atoms. The Labute approximate surface area is 134 Å². The minimum absolute atomic E-state index is 0.132. The highest BCUT2D eigenvalue weighted by molar-refractivity contribution is 9.10. The van der Waals surface area contributed by atoms with Crippen LogP contribution in [0.25, 0.3) is 10.6 Å². The molecule has 2 heterocycles. The van der Waals surface area contributed by atoms with Gasteiger partial charge in [0.2, 0.25) is 0 Å². The molecule has 0 atom stereocenters. The quantitative estimate of drug-likeness (QED) is 0.741. The lowest BCUT2D eigenvalue weighted by Gasteiger charge is -2.05. The number of carbonyl (C=O) groups excluding carboxylic acids is 1. The monoisotopic (exact) mass is 361 g/mol. The molecule has 1 amide bonds. The fourth-order valence-corrected chi connectivity index (χ4v) is 3.17. The smallest absolute Gasteiger partial charge is 0.255 e. The van der Waals surface area contributed by atoms with Gasteiger partial charge in [-0.05, 0) is 29.1 Å². The van der Waals surface area contributed by atoms with Crippen molar-refractivity contribution in [2.75, 3.05) is 0 Å². The Kier molecular flexibility index (Phi) is 4.17. The normalized spacial score (nSPS) is 10.5. The van der Waals surface area contributed by atoms with E-state index in [0.29, 0.717) is 12.1 Å². The third kappa shape index (κ3) is 3.22. The SMILES string of the molecule is O=C(NCc1cccc(Br)c1)c1cn[nH]c1-c1cccs1. The van der Waals surface area contributed by atoms with Crippen molar-refractivity contribution in [3.63, 3.8) is 0 Å². The number of amides is 1. The van der Waals surface area contributed by atoms with E-state index < -0.39 is 0 Å². The number of benzene rings is 1. The maximum atomic E-state index is 12.3. The fourth-order valence-electron chi connectivity index (χ4n) is 1.99. The number of hydrogen-bond acceptors (Lipinski definition) is 3. The summed E-state index contributed by atoms with van der Waals surface area (Å²) in [6, 6.07) is 11.8. The fraction of sp³-hybridized carbons (Fsp3) is 0.0667. The van der Waals surface area contributed by atoms with Crippen LogP contribution in [0.3, 0.4) is 0 Å². The van der Waals surface area contributed by atoms with Crippen LogP contribution in [0.15, 0.2) is 52.4 Å². The second-order valence-corrected chi connectivity index (χ2v) is 6.31. The standard InChI is InChI=1S/C15H12BrN3OS/c16-11-4-1-3-10(7-11)8-17-15(20)12-9-18-19-14(12)13-5-2-6-21-13/h1-7,9H,8H2,(H,17,20)(H,18,19). The zero-order chi connectivity index (χ0) is 14.7. The van der Waals surface area contributed by atoms with Crippen LogP contribution in [0.5, 0.6) is 0 Å². The first-order valence-corrected chi connectivity index (χ1v) is 8.01. The highest BCUT2D eigenvalue weighted by Crippen LogP contribution is 2.25. The van der Waals surface area contributed by atoms with Crippen LogP contribution in [-0.2, 0) is 6.54 Å². The molecule has 4 nitrogen and oxygen atoms in total. The van der Waals surface area contributed by atoms with Crippen molar-refractivity contribution in [2.45, 2.75) is 6.54 Å². The molecule has 106 valence electrons. The van der Waals surface area contributed by atoms with Gasteiger partial charge < -0.3 is 5.32 Å². The molecule has 0 spiro atoms. The van der Waals surface area contributed by atoms with Crippen molar-refractivity contribution >= 4 is 33.2 Å². The predicted octanol–water partition coefficient (Wildman–Crippen LogP) is 3.83. The van der Waals surface area contributed by atoms with Crippen molar-refractivity contribution in [3.8, 4) is 10.6 Å². The van der Waals surface area contributed by atoms with Gasteiger partial charge in [0, 0.05) is 11.0 Å². The molecule has 0 saturated carbocycles. The number of nitrogens with zero attached hydrogens (tertiary/aromatic N) is 1. The Hall–Kier alpha value is -1.92. The van der Waals surface area contributed by atoms with Crippen molar-refractivity contribution in [1.82, 2.24) is 15.5 Å². The molecule has 6 heteroatoms. The summed E-state index contributed by atoms with van der Waals surface area (Å²) >= 11 is 4.99. The molecule has 2 aromatic heterocycles. The third-order valence-corrected chi connectivity index (χ3v) is 4.37. The highest BCUT2D eigenvalue weighted by Gasteiger charge is 2.15. The minimum atomic E-state index is -0.132. The van der Waals surface area contributed by atoms with E-state index in [1.54, 1.807) is 17.5 Å². The molecule has 0 aliphatic rings. The van der Waals surface area contributed by atoms with Gasteiger partial charge in [0.25, 0.3) is 5.91 Å². The zero-order valence-corrected chi connectivity index (χ0v) is 13.4. The van der Waals surface area contributed by atoms with Crippen LogP contribution in [0.4, 0.5) is 0 Å². The van der Waals surface area contributed by atoms with Crippen LogP contribution in [-0.4, -0.2) is 16.1 Å². The summed E-state index contributed by atoms with van der Waals surface area (Å²) in [7, 11) is 0. The molecular formula is C15H12BrN3OS. The Morgan fingerprint density at radius 3 is 3.00 bits per heavy atom. The summed E-state index contributed by atoms with van der Waals surface area (Å²) < 4.78 is 0.997. The van der Waals surface area contributed by atoms with Crippen LogP contribution >= 0.6 is 27.3 Å². The van der Waals surface area contributed by atoms with E-state index in [1.165, 1.54) is 0 Å². The zero-order valence-electron chi connectivity index (χ0n) is 11.0. The molecular weight excluding hydrogens is 350 g/mol. The first-order valence-electron chi connectivity index (χ1n) is 6.34. The first kappa shape index (κ1) is 14.0. The Balaban J connectivity index is 1.73. The molecule has 0 unspecified atom stereocenters. The molecule has 3 aromatic rings. The Bertz CT molecular complexity index is 752. The average Bonchev–Trinajstić information content (AvgIpc) is 3.14. The van der Waals surface area contributed by atoms with Crippen molar-refractivity contribution in [1.29, 1.82) is 0 Å². The molecule has 3 rings (SSSR count). The van der Waals surface area contributed by atoms with Crippen molar-refractivity contribution in [3.05, 3.63) is 63.6 Å². The van der Waals surface area contributed by atoms with E-state index in [-0.39, 0.29) is 5.91 Å². The van der Waals surface area contributed by atoms with Gasteiger partial charge in [0.05, 0.1) is 22.3 Å². The molecule has 0 aliphatic heterocycles. The maximum absolute atomic E-state index is 12.3. The minimum Gasteiger partial charge on any atom is -0.348 e. The summed E-state index contributed by atoms with van der Waals surface area (Å²) in [5, 5.41) is 11.8.